The van der Waals surface area contributed by atoms with Crippen LogP contribution in [0.15, 0.2) is 30.5 Å². The molecule has 0 unspecified atom stereocenters. The second kappa shape index (κ2) is 5.92. The number of hydrogen-bond acceptors (Lipinski definition) is 2. The van der Waals surface area contributed by atoms with Crippen molar-refractivity contribution in [3.05, 3.63) is 51.6 Å². The predicted octanol–water partition coefficient (Wildman–Crippen LogP) is 5.14. The lowest BCUT2D eigenvalue weighted by molar-refractivity contribution is -0.138. The summed E-state index contributed by atoms with van der Waals surface area (Å²) in [6.45, 7) is 0. The van der Waals surface area contributed by atoms with Gasteiger partial charge in [-0.3, -0.25) is 4.98 Å². The van der Waals surface area contributed by atoms with Gasteiger partial charge in [0.2, 0.25) is 0 Å². The highest BCUT2D eigenvalue weighted by atomic mass is 35.5. The molecule has 108 valence electrons. The minimum absolute atomic E-state index is 0.0259. The molecule has 1 aromatic heterocycles. The average molecular weight is 331 g/mol. The van der Waals surface area contributed by atoms with Gasteiger partial charge in [-0.15, -0.1) is 0 Å². The first-order chi connectivity index (χ1) is 9.86. The lowest BCUT2D eigenvalue weighted by atomic mass is 9.98. The summed E-state index contributed by atoms with van der Waals surface area (Å²) >= 11 is 12.0. The minimum atomic E-state index is -4.59. The molecule has 1 heterocycles. The predicted molar refractivity (Wildman–Crippen MR) is 74.0 cm³/mol. The minimum Gasteiger partial charge on any atom is -0.256 e. The van der Waals surface area contributed by atoms with E-state index in [1.165, 1.54) is 12.1 Å². The summed E-state index contributed by atoms with van der Waals surface area (Å²) in [7, 11) is 0. The highest BCUT2D eigenvalue weighted by Crippen LogP contribution is 2.40. The monoisotopic (exact) mass is 330 g/mol. The third kappa shape index (κ3) is 3.12. The Labute approximate surface area is 128 Å². The molecule has 0 aliphatic carbocycles. The molecule has 0 amide bonds. The van der Waals surface area contributed by atoms with Crippen molar-refractivity contribution < 1.29 is 13.2 Å². The van der Waals surface area contributed by atoms with E-state index < -0.39 is 18.2 Å². The largest absolute Gasteiger partial charge is 0.416 e. The van der Waals surface area contributed by atoms with Crippen molar-refractivity contribution in [2.24, 2.45) is 0 Å². The highest BCUT2D eigenvalue weighted by molar-refractivity contribution is 6.39. The van der Waals surface area contributed by atoms with Crippen LogP contribution >= 0.6 is 23.2 Å². The fraction of sp³-hybridized carbons (Fsp3) is 0.143. The molecular weight excluding hydrogens is 324 g/mol. The summed E-state index contributed by atoms with van der Waals surface area (Å²) in [6, 6.07) is 7.13. The van der Waals surface area contributed by atoms with Crippen molar-refractivity contribution in [3.8, 4) is 17.3 Å². The van der Waals surface area contributed by atoms with Gasteiger partial charge in [-0.25, -0.2) is 0 Å². The van der Waals surface area contributed by atoms with Gasteiger partial charge in [0.05, 0.1) is 33.8 Å². The first-order valence-corrected chi connectivity index (χ1v) is 6.48. The number of nitriles is 1. The van der Waals surface area contributed by atoms with Gasteiger partial charge >= 0.3 is 6.18 Å². The van der Waals surface area contributed by atoms with E-state index >= 15 is 0 Å². The molecule has 0 aliphatic rings. The Hall–Kier alpha value is -1.77. The van der Waals surface area contributed by atoms with Crippen molar-refractivity contribution in [3.63, 3.8) is 0 Å². The number of hydrogen-bond donors (Lipinski definition) is 0. The smallest absolute Gasteiger partial charge is 0.256 e. The van der Waals surface area contributed by atoms with Crippen molar-refractivity contribution in [1.29, 1.82) is 5.26 Å². The SMILES string of the molecule is N#CCc1c(C(F)(F)F)ccnc1-c1c(Cl)cccc1Cl. The molecule has 0 N–H and O–H groups in total. The number of aromatic nitrogens is 1. The normalized spacial score (nSPS) is 11.2. The van der Waals surface area contributed by atoms with Crippen LogP contribution in [0.3, 0.4) is 0 Å². The standard InChI is InChI=1S/C14H7Cl2F3N2/c15-10-2-1-3-11(16)12(10)13-8(4-6-20)9(5-7-21-13)14(17,18)19/h1-3,5,7H,4H2. The van der Waals surface area contributed by atoms with Gasteiger partial charge in [-0.05, 0) is 18.2 Å². The van der Waals surface area contributed by atoms with Gasteiger partial charge in [0.15, 0.2) is 0 Å². The lowest BCUT2D eigenvalue weighted by Gasteiger charge is -2.15. The fourth-order valence-electron chi connectivity index (χ4n) is 1.96. The van der Waals surface area contributed by atoms with E-state index in [2.05, 4.69) is 4.98 Å². The molecular formula is C14H7Cl2F3N2. The Bertz CT molecular complexity index is 701. The number of nitrogens with zero attached hydrogens (tertiary/aromatic N) is 2. The number of pyridine rings is 1. The number of rotatable bonds is 2. The van der Waals surface area contributed by atoms with Crippen LogP contribution in [0.25, 0.3) is 11.3 Å². The lowest BCUT2D eigenvalue weighted by Crippen LogP contribution is -2.11. The van der Waals surface area contributed by atoms with Crippen LogP contribution in [-0.4, -0.2) is 4.98 Å². The molecule has 0 aliphatic heterocycles. The molecule has 0 atom stereocenters. The Morgan fingerprint density at radius 3 is 2.29 bits per heavy atom. The van der Waals surface area contributed by atoms with Crippen molar-refractivity contribution in [2.75, 3.05) is 0 Å². The van der Waals surface area contributed by atoms with Crippen molar-refractivity contribution in [2.45, 2.75) is 12.6 Å². The van der Waals surface area contributed by atoms with Crippen LogP contribution in [0.1, 0.15) is 11.1 Å². The van der Waals surface area contributed by atoms with E-state index in [1.807, 2.05) is 0 Å². The quantitative estimate of drug-likeness (QED) is 0.764. The molecule has 0 radical (unpaired) electrons. The third-order valence-electron chi connectivity index (χ3n) is 2.82. The molecule has 2 aromatic rings. The van der Waals surface area contributed by atoms with Gasteiger partial charge in [-0.1, -0.05) is 29.3 Å². The second-order valence-corrected chi connectivity index (χ2v) is 4.93. The number of benzene rings is 1. The van der Waals surface area contributed by atoms with Crippen LogP contribution in [0.5, 0.6) is 0 Å². The Kier molecular flexibility index (Phi) is 4.40. The van der Waals surface area contributed by atoms with E-state index in [-0.39, 0.29) is 26.9 Å². The first kappa shape index (κ1) is 15.6. The maximum atomic E-state index is 13.1. The molecule has 2 nitrogen and oxygen atoms in total. The molecule has 0 saturated heterocycles. The van der Waals surface area contributed by atoms with Crippen molar-refractivity contribution in [1.82, 2.24) is 4.98 Å². The van der Waals surface area contributed by atoms with E-state index in [9.17, 15) is 13.2 Å². The van der Waals surface area contributed by atoms with Gasteiger partial charge in [0.1, 0.15) is 0 Å². The van der Waals surface area contributed by atoms with Gasteiger partial charge in [-0.2, -0.15) is 18.4 Å². The summed E-state index contributed by atoms with van der Waals surface area (Å²) in [5.41, 5.74) is -0.980. The molecule has 7 heteroatoms. The Morgan fingerprint density at radius 1 is 1.14 bits per heavy atom. The summed E-state index contributed by atoms with van der Waals surface area (Å²) in [4.78, 5) is 3.94. The van der Waals surface area contributed by atoms with E-state index in [1.54, 1.807) is 12.1 Å². The zero-order valence-corrected chi connectivity index (χ0v) is 11.9. The fourth-order valence-corrected chi connectivity index (χ4v) is 2.53. The van der Waals surface area contributed by atoms with Crippen LogP contribution < -0.4 is 0 Å². The Balaban J connectivity index is 2.79. The van der Waals surface area contributed by atoms with Crippen LogP contribution in [0.2, 0.25) is 10.0 Å². The van der Waals surface area contributed by atoms with Gasteiger partial charge in [0.25, 0.3) is 0 Å². The maximum absolute atomic E-state index is 13.1. The van der Waals surface area contributed by atoms with Crippen molar-refractivity contribution >= 4 is 23.2 Å². The molecule has 0 fully saturated rings. The van der Waals surface area contributed by atoms with Crippen LogP contribution in [-0.2, 0) is 12.6 Å². The first-order valence-electron chi connectivity index (χ1n) is 5.72. The van der Waals surface area contributed by atoms with E-state index in [4.69, 9.17) is 28.5 Å². The number of halogens is 5. The average Bonchev–Trinajstić information content (AvgIpc) is 2.39. The van der Waals surface area contributed by atoms with E-state index in [0.717, 1.165) is 12.3 Å². The van der Waals surface area contributed by atoms with Gasteiger partial charge in [0, 0.05) is 17.3 Å². The molecule has 1 aromatic carbocycles. The Morgan fingerprint density at radius 2 is 1.76 bits per heavy atom. The molecule has 2 rings (SSSR count). The topological polar surface area (TPSA) is 36.7 Å². The van der Waals surface area contributed by atoms with Gasteiger partial charge < -0.3 is 0 Å². The third-order valence-corrected chi connectivity index (χ3v) is 3.45. The molecule has 0 saturated carbocycles. The zero-order chi connectivity index (χ0) is 15.6. The summed E-state index contributed by atoms with van der Waals surface area (Å²) in [5, 5.41) is 9.16. The highest BCUT2D eigenvalue weighted by Gasteiger charge is 2.35. The molecule has 0 bridgehead atoms. The summed E-state index contributed by atoms with van der Waals surface area (Å²) in [6.07, 6.45) is -4.00. The van der Waals surface area contributed by atoms with Crippen LogP contribution in [0, 0.1) is 11.3 Å². The molecule has 21 heavy (non-hydrogen) atoms. The van der Waals surface area contributed by atoms with E-state index in [0.29, 0.717) is 0 Å². The molecule has 0 spiro atoms. The summed E-state index contributed by atoms with van der Waals surface area (Å²) in [5.74, 6) is 0. The summed E-state index contributed by atoms with van der Waals surface area (Å²) < 4.78 is 39.2. The van der Waals surface area contributed by atoms with Crippen LogP contribution in [0.4, 0.5) is 13.2 Å². The zero-order valence-electron chi connectivity index (χ0n) is 10.4. The second-order valence-electron chi connectivity index (χ2n) is 4.11. The maximum Gasteiger partial charge on any atom is 0.416 e. The number of alkyl halides is 3.